The highest BCUT2D eigenvalue weighted by Gasteiger charge is 2.36. The van der Waals surface area contributed by atoms with E-state index in [9.17, 15) is 9.18 Å². The van der Waals surface area contributed by atoms with Crippen LogP contribution in [0.2, 0.25) is 0 Å². The Labute approximate surface area is 98.0 Å². The number of carbonyl (C=O) groups is 1. The van der Waals surface area contributed by atoms with E-state index in [1.807, 2.05) is 0 Å². The number of nitrogens with zero attached hydrogens (tertiary/aromatic N) is 1. The zero-order chi connectivity index (χ0) is 12.0. The lowest BCUT2D eigenvalue weighted by molar-refractivity contribution is 0.0706. The monoisotopic (exact) mass is 236 g/mol. The topological polar surface area (TPSA) is 52.6 Å². The first kappa shape index (κ1) is 10.7. The molecule has 0 aromatic heterocycles. The molecule has 5 heteroatoms. The Kier molecular flexibility index (Phi) is 2.38. The van der Waals surface area contributed by atoms with Gasteiger partial charge in [-0.15, -0.1) is 0 Å². The fraction of sp³-hybridized carbons (Fsp3) is 0.417. The molecule has 2 heterocycles. The van der Waals surface area contributed by atoms with Gasteiger partial charge in [-0.05, 0) is 37.1 Å². The Morgan fingerprint density at radius 3 is 3.12 bits per heavy atom. The molecule has 1 amide bonds. The molecule has 1 aromatic carbocycles. The van der Waals surface area contributed by atoms with Crippen molar-refractivity contribution in [2.45, 2.75) is 25.4 Å². The molecule has 0 saturated carbocycles. The third kappa shape index (κ3) is 1.54. The first-order valence-corrected chi connectivity index (χ1v) is 5.71. The zero-order valence-corrected chi connectivity index (χ0v) is 9.24. The molecule has 3 rings (SSSR count). The van der Waals surface area contributed by atoms with Crippen LogP contribution in [0.5, 0.6) is 0 Å². The number of carbonyl (C=O) groups excluding carboxylic acids is 1. The van der Waals surface area contributed by atoms with Gasteiger partial charge in [0, 0.05) is 23.7 Å². The molecule has 0 aliphatic carbocycles. The van der Waals surface area contributed by atoms with Crippen molar-refractivity contribution in [2.24, 2.45) is 0 Å². The standard InChI is InChI=1S/C12H13FN2O2/c13-9-5-7(12(16)14-17)4-8-6-15-3-1-2-10(15)11(8)9/h4-5,10,17H,1-3,6H2,(H,14,16)/t10-/m1/s1. The van der Waals surface area contributed by atoms with Crippen LogP contribution in [0.1, 0.15) is 40.4 Å². The van der Waals surface area contributed by atoms with Crippen LogP contribution in [0.15, 0.2) is 12.1 Å². The van der Waals surface area contributed by atoms with Crippen LogP contribution >= 0.6 is 0 Å². The predicted molar refractivity (Wildman–Crippen MR) is 58.0 cm³/mol. The van der Waals surface area contributed by atoms with Crippen molar-refractivity contribution in [3.8, 4) is 0 Å². The minimum absolute atomic E-state index is 0.171. The van der Waals surface area contributed by atoms with Crippen molar-refractivity contribution in [1.29, 1.82) is 0 Å². The molecule has 1 aromatic rings. The Morgan fingerprint density at radius 2 is 2.35 bits per heavy atom. The van der Waals surface area contributed by atoms with Crippen LogP contribution in [-0.2, 0) is 6.54 Å². The molecule has 0 radical (unpaired) electrons. The first-order valence-electron chi connectivity index (χ1n) is 5.71. The van der Waals surface area contributed by atoms with E-state index in [-0.39, 0.29) is 17.4 Å². The van der Waals surface area contributed by atoms with Gasteiger partial charge in [0.2, 0.25) is 0 Å². The number of benzene rings is 1. The maximum absolute atomic E-state index is 14.0. The van der Waals surface area contributed by atoms with Gasteiger partial charge in [-0.3, -0.25) is 14.9 Å². The highest BCUT2D eigenvalue weighted by molar-refractivity contribution is 5.93. The first-order chi connectivity index (χ1) is 8.20. The van der Waals surface area contributed by atoms with E-state index in [2.05, 4.69) is 4.90 Å². The van der Waals surface area contributed by atoms with Gasteiger partial charge in [-0.25, -0.2) is 9.87 Å². The Bertz CT molecular complexity index is 490. The van der Waals surface area contributed by atoms with Crippen molar-refractivity contribution in [3.05, 3.63) is 34.6 Å². The fourth-order valence-corrected chi connectivity index (χ4v) is 2.94. The van der Waals surface area contributed by atoms with E-state index in [0.717, 1.165) is 30.5 Å². The van der Waals surface area contributed by atoms with Gasteiger partial charge in [-0.2, -0.15) is 0 Å². The molecule has 0 spiro atoms. The van der Waals surface area contributed by atoms with Crippen molar-refractivity contribution >= 4 is 5.91 Å². The number of fused-ring (bicyclic) bond motifs is 3. The maximum Gasteiger partial charge on any atom is 0.274 e. The molecular weight excluding hydrogens is 223 g/mol. The number of rotatable bonds is 1. The molecule has 90 valence electrons. The van der Waals surface area contributed by atoms with E-state index >= 15 is 0 Å². The Balaban J connectivity index is 2.05. The summed E-state index contributed by atoms with van der Waals surface area (Å²) in [4.78, 5) is 13.5. The molecule has 2 aliphatic heterocycles. The molecule has 1 fully saturated rings. The van der Waals surface area contributed by atoms with E-state index in [0.29, 0.717) is 6.54 Å². The van der Waals surface area contributed by atoms with Gasteiger partial charge < -0.3 is 0 Å². The lowest BCUT2D eigenvalue weighted by Crippen LogP contribution is -2.19. The summed E-state index contributed by atoms with van der Waals surface area (Å²) < 4.78 is 14.0. The SMILES string of the molecule is O=C(NO)c1cc(F)c2c(c1)CN1CCC[C@H]21. The molecule has 1 atom stereocenters. The number of hydrogen-bond donors (Lipinski definition) is 2. The van der Waals surface area contributed by atoms with Crippen molar-refractivity contribution in [2.75, 3.05) is 6.54 Å². The van der Waals surface area contributed by atoms with Gasteiger partial charge in [0.05, 0.1) is 0 Å². The van der Waals surface area contributed by atoms with Crippen LogP contribution in [0, 0.1) is 5.82 Å². The third-order valence-corrected chi connectivity index (χ3v) is 3.65. The molecule has 0 bridgehead atoms. The van der Waals surface area contributed by atoms with Crippen molar-refractivity contribution in [1.82, 2.24) is 10.4 Å². The summed E-state index contributed by atoms with van der Waals surface area (Å²) >= 11 is 0. The van der Waals surface area contributed by atoms with Crippen molar-refractivity contribution < 1.29 is 14.4 Å². The molecule has 1 saturated heterocycles. The minimum Gasteiger partial charge on any atom is -0.292 e. The van der Waals surface area contributed by atoms with E-state index in [1.54, 1.807) is 6.07 Å². The summed E-state index contributed by atoms with van der Waals surface area (Å²) in [6.07, 6.45) is 2.08. The predicted octanol–water partition coefficient (Wildman–Crippen LogP) is 1.60. The quantitative estimate of drug-likeness (QED) is 0.575. The largest absolute Gasteiger partial charge is 0.292 e. The average Bonchev–Trinajstić information content (AvgIpc) is 2.86. The van der Waals surface area contributed by atoms with Gasteiger partial charge in [0.15, 0.2) is 0 Å². The van der Waals surface area contributed by atoms with Crippen molar-refractivity contribution in [3.63, 3.8) is 0 Å². The van der Waals surface area contributed by atoms with Crippen LogP contribution in [0.3, 0.4) is 0 Å². The van der Waals surface area contributed by atoms with Crippen LogP contribution in [-0.4, -0.2) is 22.6 Å². The molecular formula is C12H13FN2O2. The summed E-state index contributed by atoms with van der Waals surface area (Å²) in [7, 11) is 0. The van der Waals surface area contributed by atoms with Crippen LogP contribution in [0.25, 0.3) is 0 Å². The van der Waals surface area contributed by atoms with E-state index in [4.69, 9.17) is 5.21 Å². The molecule has 0 unspecified atom stereocenters. The summed E-state index contributed by atoms with van der Waals surface area (Å²) in [6.45, 7) is 1.68. The van der Waals surface area contributed by atoms with Crippen LogP contribution < -0.4 is 5.48 Å². The van der Waals surface area contributed by atoms with Crippen LogP contribution in [0.4, 0.5) is 4.39 Å². The zero-order valence-electron chi connectivity index (χ0n) is 9.24. The van der Waals surface area contributed by atoms with Gasteiger partial charge in [0.1, 0.15) is 5.82 Å². The lowest BCUT2D eigenvalue weighted by Gasteiger charge is -2.14. The highest BCUT2D eigenvalue weighted by Crippen LogP contribution is 2.42. The second-order valence-electron chi connectivity index (χ2n) is 4.60. The third-order valence-electron chi connectivity index (χ3n) is 3.65. The Hall–Kier alpha value is -1.46. The number of amides is 1. The lowest BCUT2D eigenvalue weighted by atomic mass is 9.99. The number of hydroxylamine groups is 1. The summed E-state index contributed by atoms with van der Waals surface area (Å²) in [5.41, 5.74) is 3.30. The summed E-state index contributed by atoms with van der Waals surface area (Å²) in [6, 6.07) is 3.05. The second kappa shape index (κ2) is 3.78. The molecule has 17 heavy (non-hydrogen) atoms. The summed E-state index contributed by atoms with van der Waals surface area (Å²) in [5.74, 6) is -1.01. The molecule has 2 N–H and O–H groups in total. The summed E-state index contributed by atoms with van der Waals surface area (Å²) in [5, 5.41) is 8.56. The van der Waals surface area contributed by atoms with E-state index < -0.39 is 5.91 Å². The number of hydrogen-bond acceptors (Lipinski definition) is 3. The number of nitrogens with one attached hydrogen (secondary N) is 1. The van der Waals surface area contributed by atoms with E-state index in [1.165, 1.54) is 11.5 Å². The van der Waals surface area contributed by atoms with Gasteiger partial charge in [-0.1, -0.05) is 0 Å². The van der Waals surface area contributed by atoms with Gasteiger partial charge in [0.25, 0.3) is 5.91 Å². The minimum atomic E-state index is -0.668. The average molecular weight is 236 g/mol. The Morgan fingerprint density at radius 1 is 1.53 bits per heavy atom. The smallest absolute Gasteiger partial charge is 0.274 e. The highest BCUT2D eigenvalue weighted by atomic mass is 19.1. The molecule has 2 aliphatic rings. The molecule has 4 nitrogen and oxygen atoms in total. The number of halogens is 1. The second-order valence-corrected chi connectivity index (χ2v) is 4.60. The normalized spacial score (nSPS) is 22.4. The fourth-order valence-electron chi connectivity index (χ4n) is 2.94. The van der Waals surface area contributed by atoms with Gasteiger partial charge >= 0.3 is 0 Å². The maximum atomic E-state index is 14.0.